The Bertz CT molecular complexity index is 405. The molecule has 1 aliphatic rings. The van der Waals surface area contributed by atoms with E-state index in [1.54, 1.807) is 24.3 Å². The largest absolute Gasteiger partial charge is 0.491 e. The predicted molar refractivity (Wildman–Crippen MR) is 64.5 cm³/mol. The van der Waals surface area contributed by atoms with Crippen molar-refractivity contribution in [3.05, 3.63) is 29.8 Å². The van der Waals surface area contributed by atoms with E-state index in [4.69, 9.17) is 9.84 Å². The topological polar surface area (TPSA) is 49.8 Å². The molecule has 1 N–H and O–H groups in total. The minimum absolute atomic E-state index is 0.230. The molecule has 4 heteroatoms. The zero-order chi connectivity index (χ0) is 12.3. The van der Waals surface area contributed by atoms with E-state index in [1.807, 2.05) is 0 Å². The summed E-state index contributed by atoms with van der Waals surface area (Å²) in [6.07, 6.45) is 2.30. The van der Waals surface area contributed by atoms with Gasteiger partial charge < -0.3 is 14.7 Å². The van der Waals surface area contributed by atoms with E-state index in [9.17, 15) is 4.79 Å². The highest BCUT2D eigenvalue weighted by atomic mass is 16.5. The zero-order valence-corrected chi connectivity index (χ0v) is 9.93. The van der Waals surface area contributed by atoms with Gasteiger partial charge in [-0.3, -0.25) is 0 Å². The molecule has 0 saturated carbocycles. The summed E-state index contributed by atoms with van der Waals surface area (Å²) in [5, 5.41) is 9.02. The molecule has 92 valence electrons. The number of hydrogen-bond acceptors (Lipinski definition) is 3. The molecule has 4 nitrogen and oxygen atoms in total. The molecule has 0 bridgehead atoms. The molecular formula is C13H17NO3. The van der Waals surface area contributed by atoms with Gasteiger partial charge in [0.15, 0.2) is 0 Å². The highest BCUT2D eigenvalue weighted by molar-refractivity contribution is 5.90. The molecule has 0 aromatic heterocycles. The Balaban J connectivity index is 2.01. The van der Waals surface area contributed by atoms with Crippen LogP contribution >= 0.6 is 0 Å². The average Bonchev–Trinajstić information content (AvgIpc) is 2.72. The smallest absolute Gasteiger partial charge is 0.339 e. The van der Waals surface area contributed by atoms with Gasteiger partial charge in [0.2, 0.25) is 0 Å². The summed E-state index contributed by atoms with van der Waals surface area (Å²) in [4.78, 5) is 13.2. The van der Waals surface area contributed by atoms with Gasteiger partial charge in [-0.1, -0.05) is 12.1 Å². The molecule has 1 aromatic rings. The number of para-hydroxylation sites is 1. The van der Waals surface area contributed by atoms with Crippen molar-refractivity contribution in [2.75, 3.05) is 20.2 Å². The second-order valence-electron chi connectivity index (χ2n) is 4.39. The Morgan fingerprint density at radius 1 is 1.53 bits per heavy atom. The van der Waals surface area contributed by atoms with Crippen molar-refractivity contribution in [2.24, 2.45) is 0 Å². The van der Waals surface area contributed by atoms with Gasteiger partial charge in [-0.15, -0.1) is 0 Å². The van der Waals surface area contributed by atoms with E-state index in [-0.39, 0.29) is 5.56 Å². The van der Waals surface area contributed by atoms with E-state index >= 15 is 0 Å². The summed E-state index contributed by atoms with van der Waals surface area (Å²) in [6.45, 7) is 1.65. The first kappa shape index (κ1) is 11.9. The maximum Gasteiger partial charge on any atom is 0.339 e. The number of likely N-dealkylation sites (N-methyl/N-ethyl adjacent to an activating group) is 1. The molecule has 0 amide bonds. The van der Waals surface area contributed by atoms with Crippen molar-refractivity contribution in [1.29, 1.82) is 0 Å². The molecule has 1 heterocycles. The van der Waals surface area contributed by atoms with Crippen LogP contribution in [0.25, 0.3) is 0 Å². The monoisotopic (exact) mass is 235 g/mol. The Morgan fingerprint density at radius 2 is 2.29 bits per heavy atom. The number of carbonyl (C=O) groups is 1. The van der Waals surface area contributed by atoms with Crippen molar-refractivity contribution >= 4 is 5.97 Å². The fraction of sp³-hybridized carbons (Fsp3) is 0.462. The summed E-state index contributed by atoms with van der Waals surface area (Å²) >= 11 is 0. The van der Waals surface area contributed by atoms with Crippen molar-refractivity contribution in [3.8, 4) is 5.75 Å². The van der Waals surface area contributed by atoms with Crippen molar-refractivity contribution in [2.45, 2.75) is 18.9 Å². The number of benzene rings is 1. The minimum Gasteiger partial charge on any atom is -0.491 e. The van der Waals surface area contributed by atoms with Crippen LogP contribution in [0.3, 0.4) is 0 Å². The highest BCUT2D eigenvalue weighted by Crippen LogP contribution is 2.20. The van der Waals surface area contributed by atoms with Crippen LogP contribution in [-0.4, -0.2) is 42.2 Å². The lowest BCUT2D eigenvalue weighted by Crippen LogP contribution is -2.30. The lowest BCUT2D eigenvalue weighted by molar-refractivity contribution is 0.0690. The Kier molecular flexibility index (Phi) is 3.64. The Hall–Kier alpha value is -1.55. The number of nitrogens with zero attached hydrogens (tertiary/aromatic N) is 1. The van der Waals surface area contributed by atoms with E-state index in [0.29, 0.717) is 18.4 Å². The molecule has 0 spiro atoms. The number of hydrogen-bond donors (Lipinski definition) is 1. The average molecular weight is 235 g/mol. The lowest BCUT2D eigenvalue weighted by atomic mass is 10.2. The van der Waals surface area contributed by atoms with Crippen LogP contribution in [0, 0.1) is 0 Å². The van der Waals surface area contributed by atoms with Gasteiger partial charge in [0, 0.05) is 6.04 Å². The van der Waals surface area contributed by atoms with Crippen LogP contribution in [0.5, 0.6) is 5.75 Å². The predicted octanol–water partition coefficient (Wildman–Crippen LogP) is 1.86. The van der Waals surface area contributed by atoms with Crippen LogP contribution < -0.4 is 4.74 Å². The molecule has 0 radical (unpaired) electrons. The van der Waals surface area contributed by atoms with Crippen LogP contribution in [0.1, 0.15) is 23.2 Å². The number of rotatable bonds is 4. The first-order chi connectivity index (χ1) is 8.18. The van der Waals surface area contributed by atoms with Gasteiger partial charge in [0.1, 0.15) is 17.9 Å². The van der Waals surface area contributed by atoms with E-state index < -0.39 is 5.97 Å². The molecule has 1 aliphatic heterocycles. The normalized spacial score (nSPS) is 20.4. The van der Waals surface area contributed by atoms with Crippen molar-refractivity contribution < 1.29 is 14.6 Å². The number of ether oxygens (including phenoxy) is 1. The maximum atomic E-state index is 11.0. The quantitative estimate of drug-likeness (QED) is 0.865. The summed E-state index contributed by atoms with van der Waals surface area (Å²) in [7, 11) is 2.07. The Morgan fingerprint density at radius 3 is 2.94 bits per heavy atom. The third kappa shape index (κ3) is 2.77. The summed E-state index contributed by atoms with van der Waals surface area (Å²) in [6, 6.07) is 7.17. The fourth-order valence-electron chi connectivity index (χ4n) is 2.15. The molecule has 17 heavy (non-hydrogen) atoms. The Labute approximate surface area is 101 Å². The van der Waals surface area contributed by atoms with Gasteiger partial charge >= 0.3 is 5.97 Å². The number of likely N-dealkylation sites (tertiary alicyclic amines) is 1. The molecule has 0 aliphatic carbocycles. The first-order valence-electron chi connectivity index (χ1n) is 5.84. The third-order valence-electron chi connectivity index (χ3n) is 3.22. The van der Waals surface area contributed by atoms with Crippen LogP contribution in [0.4, 0.5) is 0 Å². The first-order valence-corrected chi connectivity index (χ1v) is 5.84. The molecule has 1 saturated heterocycles. The van der Waals surface area contributed by atoms with Crippen LogP contribution in [0.15, 0.2) is 24.3 Å². The summed E-state index contributed by atoms with van der Waals surface area (Å²) < 4.78 is 5.63. The highest BCUT2D eigenvalue weighted by Gasteiger charge is 2.22. The van der Waals surface area contributed by atoms with Gasteiger partial charge in [0.05, 0.1) is 0 Å². The molecule has 1 aromatic carbocycles. The van der Waals surface area contributed by atoms with Gasteiger partial charge in [-0.05, 0) is 38.6 Å². The molecule has 1 atom stereocenters. The molecule has 1 unspecified atom stereocenters. The minimum atomic E-state index is -0.944. The SMILES string of the molecule is CN1CCCC1COc1ccccc1C(=O)O. The number of carboxylic acid groups (broad SMARTS) is 1. The summed E-state index contributed by atoms with van der Waals surface area (Å²) in [5.74, 6) is -0.485. The third-order valence-corrected chi connectivity index (χ3v) is 3.22. The zero-order valence-electron chi connectivity index (χ0n) is 9.93. The maximum absolute atomic E-state index is 11.0. The van der Waals surface area contributed by atoms with E-state index in [1.165, 1.54) is 6.42 Å². The molecule has 1 fully saturated rings. The van der Waals surface area contributed by atoms with Crippen molar-refractivity contribution in [1.82, 2.24) is 4.90 Å². The van der Waals surface area contributed by atoms with Gasteiger partial charge in [-0.25, -0.2) is 4.79 Å². The van der Waals surface area contributed by atoms with Gasteiger partial charge in [-0.2, -0.15) is 0 Å². The second-order valence-corrected chi connectivity index (χ2v) is 4.39. The fourth-order valence-corrected chi connectivity index (χ4v) is 2.15. The van der Waals surface area contributed by atoms with Crippen LogP contribution in [-0.2, 0) is 0 Å². The standard InChI is InChI=1S/C13H17NO3/c1-14-8-4-5-10(14)9-17-12-7-3-2-6-11(12)13(15)16/h2-3,6-7,10H,4-5,8-9H2,1H3,(H,15,16). The number of carboxylic acids is 1. The summed E-state index contributed by atoms with van der Waals surface area (Å²) in [5.41, 5.74) is 0.230. The lowest BCUT2D eigenvalue weighted by Gasteiger charge is -2.20. The van der Waals surface area contributed by atoms with E-state index in [2.05, 4.69) is 11.9 Å². The number of aromatic carboxylic acids is 1. The molecular weight excluding hydrogens is 218 g/mol. The van der Waals surface area contributed by atoms with Crippen molar-refractivity contribution in [3.63, 3.8) is 0 Å². The molecule has 2 rings (SSSR count). The van der Waals surface area contributed by atoms with Gasteiger partial charge in [0.25, 0.3) is 0 Å². The van der Waals surface area contributed by atoms with Crippen LogP contribution in [0.2, 0.25) is 0 Å². The van der Waals surface area contributed by atoms with E-state index in [0.717, 1.165) is 13.0 Å². The second kappa shape index (κ2) is 5.19.